The van der Waals surface area contributed by atoms with Crippen molar-refractivity contribution in [3.63, 3.8) is 0 Å². The van der Waals surface area contributed by atoms with Crippen LogP contribution in [0.25, 0.3) is 0 Å². The van der Waals surface area contributed by atoms with Crippen LogP contribution in [-0.2, 0) is 33.7 Å². The van der Waals surface area contributed by atoms with Crippen LogP contribution in [0.2, 0.25) is 0 Å². The number of carbonyl (C=O) groups is 2. The average Bonchev–Trinajstić information content (AvgIpc) is 2.06. The van der Waals surface area contributed by atoms with E-state index in [1.54, 1.807) is 0 Å². The Morgan fingerprint density at radius 3 is 1.00 bits per heavy atom. The van der Waals surface area contributed by atoms with Crippen LogP contribution < -0.4 is 22.5 Å². The summed E-state index contributed by atoms with van der Waals surface area (Å²) in [7, 11) is 0. The summed E-state index contributed by atoms with van der Waals surface area (Å²) in [6.07, 6.45) is -2.69. The van der Waals surface area contributed by atoms with Gasteiger partial charge in [0.25, 0.3) is 0 Å². The SMILES string of the molecule is CC(O)C(=O)[O-].CC(O)C(=O)[O-].[NH4+].[NH4+].[OH][Zr][OH]. The van der Waals surface area contributed by atoms with E-state index in [0.29, 0.717) is 0 Å². The zero-order valence-corrected chi connectivity index (χ0v) is 12.5. The minimum atomic E-state index is -1.77. The second-order valence-electron chi connectivity index (χ2n) is 2.09. The molecular weight excluding hydrogens is 319 g/mol. The van der Waals surface area contributed by atoms with Crippen molar-refractivity contribution >= 4 is 11.9 Å². The van der Waals surface area contributed by atoms with Gasteiger partial charge in [0.05, 0.1) is 24.1 Å². The molecule has 10 nitrogen and oxygen atoms in total. The minimum absolute atomic E-state index is 0. The topological polar surface area (TPSA) is 234 Å². The fourth-order valence-corrected chi connectivity index (χ4v) is 0. The summed E-state index contributed by atoms with van der Waals surface area (Å²) in [6, 6.07) is 0. The van der Waals surface area contributed by atoms with Gasteiger partial charge in [0.15, 0.2) is 0 Å². The third-order valence-electron chi connectivity index (χ3n) is 0.682. The fourth-order valence-electron chi connectivity index (χ4n) is 0. The van der Waals surface area contributed by atoms with Gasteiger partial charge in [0.1, 0.15) is 0 Å². The fraction of sp³-hybridized carbons (Fsp3) is 0.667. The number of aliphatic hydroxyl groups is 2. The zero-order chi connectivity index (χ0) is 13.0. The van der Waals surface area contributed by atoms with E-state index < -0.39 is 48.3 Å². The van der Waals surface area contributed by atoms with Gasteiger partial charge in [0.2, 0.25) is 0 Å². The summed E-state index contributed by atoms with van der Waals surface area (Å²) in [4.78, 5) is 18.7. The van der Waals surface area contributed by atoms with Crippen molar-refractivity contribution in [1.29, 1.82) is 0 Å². The number of carboxylic acid groups (broad SMARTS) is 2. The molecule has 0 rings (SSSR count). The molecule has 17 heavy (non-hydrogen) atoms. The summed E-state index contributed by atoms with van der Waals surface area (Å²) in [5.41, 5.74) is 0. The molecule has 0 aromatic heterocycles. The summed E-state index contributed by atoms with van der Waals surface area (Å²) in [6.45, 7) is 2.27. The molecule has 0 aromatic rings. The molecule has 106 valence electrons. The van der Waals surface area contributed by atoms with Gasteiger partial charge in [0, 0.05) is 0 Å². The van der Waals surface area contributed by atoms with Crippen LogP contribution in [0.4, 0.5) is 0 Å². The first-order valence-corrected chi connectivity index (χ1v) is 5.71. The van der Waals surface area contributed by atoms with Crippen molar-refractivity contribution in [2.45, 2.75) is 26.1 Å². The molecule has 12 N–H and O–H groups in total. The van der Waals surface area contributed by atoms with Crippen molar-refractivity contribution in [2.75, 3.05) is 0 Å². The number of aliphatic hydroxyl groups excluding tert-OH is 2. The monoisotopic (exact) mass is 338 g/mol. The van der Waals surface area contributed by atoms with E-state index in [9.17, 15) is 19.8 Å². The standard InChI is InChI=1S/2C3H6O3.2H3N.2H2O.Zr/c2*1-2(4)3(5)6;;;;;/h2*2,4H,1H3,(H,5,6);2*1H3;2*1H2;/q;;;;;;+2/p-2. The van der Waals surface area contributed by atoms with Crippen LogP contribution in [-0.4, -0.2) is 40.7 Å². The predicted octanol–water partition coefficient (Wildman–Crippen LogP) is -4.13. The quantitative estimate of drug-likeness (QED) is 0.288. The van der Waals surface area contributed by atoms with Crippen molar-refractivity contribution in [1.82, 2.24) is 12.3 Å². The second kappa shape index (κ2) is 20.9. The molecule has 2 unspecified atom stereocenters. The van der Waals surface area contributed by atoms with E-state index in [1.807, 2.05) is 0 Å². The molecule has 11 heteroatoms. The number of carboxylic acids is 2. The Balaban J connectivity index is -0.0000000421. The van der Waals surface area contributed by atoms with E-state index in [4.69, 9.17) is 16.6 Å². The molecular formula is C6H20N2O8Zr. The Kier molecular flexibility index (Phi) is 37.0. The predicted molar refractivity (Wildman–Crippen MR) is 49.8 cm³/mol. The third-order valence-corrected chi connectivity index (χ3v) is 0.682. The van der Waals surface area contributed by atoms with Crippen LogP contribution in [0.15, 0.2) is 0 Å². The number of quaternary nitrogens is 2. The summed E-state index contributed by atoms with van der Waals surface area (Å²) in [5, 5.41) is 34.6. The molecule has 0 aliphatic heterocycles. The van der Waals surface area contributed by atoms with Gasteiger partial charge in [-0.3, -0.25) is 0 Å². The Morgan fingerprint density at radius 2 is 1.00 bits per heavy atom. The number of hydrogen-bond acceptors (Lipinski definition) is 8. The second-order valence-corrected chi connectivity index (χ2v) is 2.58. The van der Waals surface area contributed by atoms with E-state index >= 15 is 0 Å². The van der Waals surface area contributed by atoms with Gasteiger partial charge in [-0.25, -0.2) is 0 Å². The molecule has 0 aliphatic rings. The van der Waals surface area contributed by atoms with Crippen LogP contribution in [0.1, 0.15) is 13.8 Å². The van der Waals surface area contributed by atoms with E-state index in [2.05, 4.69) is 0 Å². The van der Waals surface area contributed by atoms with Crippen molar-refractivity contribution in [3.8, 4) is 0 Å². The van der Waals surface area contributed by atoms with Crippen LogP contribution in [0.5, 0.6) is 0 Å². The van der Waals surface area contributed by atoms with Crippen molar-refractivity contribution in [2.24, 2.45) is 0 Å². The number of aliphatic carboxylic acids is 2. The molecule has 0 radical (unpaired) electrons. The molecule has 0 heterocycles. The number of hydrogen-bond donors (Lipinski definition) is 6. The molecule has 0 aliphatic carbocycles. The normalized spacial score (nSPS) is 10.5. The maximum absolute atomic E-state index is 9.34. The van der Waals surface area contributed by atoms with E-state index in [-0.39, 0.29) is 12.3 Å². The maximum atomic E-state index is 9.34. The van der Waals surface area contributed by atoms with E-state index in [0.717, 1.165) is 13.8 Å². The first kappa shape index (κ1) is 30.0. The number of carbonyl (C=O) groups excluding carboxylic acids is 2. The Morgan fingerprint density at radius 1 is 0.941 bits per heavy atom. The molecule has 2 atom stereocenters. The molecule has 0 fully saturated rings. The molecule has 0 saturated carbocycles. The van der Waals surface area contributed by atoms with Gasteiger partial charge >= 0.3 is 30.5 Å². The van der Waals surface area contributed by atoms with Crippen LogP contribution in [0.3, 0.4) is 0 Å². The molecule has 0 saturated heterocycles. The van der Waals surface area contributed by atoms with Crippen LogP contribution >= 0.6 is 0 Å². The molecule has 0 amide bonds. The van der Waals surface area contributed by atoms with Gasteiger partial charge in [-0.1, -0.05) is 0 Å². The van der Waals surface area contributed by atoms with E-state index in [1.165, 1.54) is 0 Å². The first-order valence-electron chi connectivity index (χ1n) is 3.51. The summed E-state index contributed by atoms with van der Waals surface area (Å²) < 4.78 is 14.6. The summed E-state index contributed by atoms with van der Waals surface area (Å²) >= 11 is -1.77. The van der Waals surface area contributed by atoms with Crippen molar-refractivity contribution < 1.29 is 60.5 Å². The first-order chi connectivity index (χ1) is 6.70. The van der Waals surface area contributed by atoms with Gasteiger partial charge in [-0.15, -0.1) is 0 Å². The van der Waals surface area contributed by atoms with Crippen LogP contribution in [0, 0.1) is 0 Å². The third kappa shape index (κ3) is 50.0. The summed E-state index contributed by atoms with van der Waals surface area (Å²) in [5.74, 6) is -2.87. The van der Waals surface area contributed by atoms with Crippen molar-refractivity contribution in [3.05, 3.63) is 0 Å². The number of rotatable bonds is 2. The molecule has 0 spiro atoms. The Bertz CT molecular complexity index is 159. The average molecular weight is 339 g/mol. The molecule has 0 bridgehead atoms. The van der Waals surface area contributed by atoms with Gasteiger partial charge in [-0.05, 0) is 13.8 Å². The Hall–Kier alpha value is -0.417. The Labute approximate surface area is 111 Å². The van der Waals surface area contributed by atoms with Gasteiger partial charge < -0.3 is 42.3 Å². The zero-order valence-electron chi connectivity index (χ0n) is 10.1. The van der Waals surface area contributed by atoms with Gasteiger partial charge in [-0.2, -0.15) is 0 Å². The molecule has 0 aromatic carbocycles.